The summed E-state index contributed by atoms with van der Waals surface area (Å²) in [6.07, 6.45) is 66.6. The van der Waals surface area contributed by atoms with Crippen LogP contribution in [0.5, 0.6) is 0 Å². The number of carbonyl (C=O) groups is 1. The van der Waals surface area contributed by atoms with Gasteiger partial charge in [0.25, 0.3) is 0 Å². The van der Waals surface area contributed by atoms with Crippen molar-refractivity contribution in [1.82, 2.24) is 5.32 Å². The topological polar surface area (TPSA) is 89.8 Å². The molecule has 0 saturated heterocycles. The largest absolute Gasteiger partial charge is 0.394 e. The minimum Gasteiger partial charge on any atom is -0.394 e. The minimum atomic E-state index is -0.950. The molecule has 0 fully saturated rings. The molecule has 0 aliphatic heterocycles. The molecule has 5 heteroatoms. The van der Waals surface area contributed by atoms with Crippen molar-refractivity contribution < 1.29 is 20.1 Å². The summed E-state index contributed by atoms with van der Waals surface area (Å²) in [7, 11) is 0. The predicted molar refractivity (Wildman–Crippen MR) is 273 cm³/mol. The summed E-state index contributed by atoms with van der Waals surface area (Å²) < 4.78 is 0. The second-order valence-corrected chi connectivity index (χ2v) is 19.5. The lowest BCUT2D eigenvalue weighted by molar-refractivity contribution is -0.124. The third-order valence-electron chi connectivity index (χ3n) is 13.2. The smallest absolute Gasteiger partial charge is 0.222 e. The van der Waals surface area contributed by atoms with Gasteiger partial charge < -0.3 is 20.6 Å². The molecule has 0 rings (SSSR count). The van der Waals surface area contributed by atoms with E-state index in [2.05, 4.69) is 31.3 Å². The lowest BCUT2D eigenvalue weighted by Crippen LogP contribution is -2.45. The first-order valence-electron chi connectivity index (χ1n) is 28.1. The van der Waals surface area contributed by atoms with Crippen molar-refractivity contribution in [2.45, 2.75) is 327 Å². The molecule has 0 aromatic heterocycles. The Morgan fingerprint density at radius 1 is 0.403 bits per heavy atom. The van der Waals surface area contributed by atoms with Crippen LogP contribution in [-0.4, -0.2) is 46.1 Å². The first-order valence-corrected chi connectivity index (χ1v) is 28.1. The highest BCUT2D eigenvalue weighted by molar-refractivity contribution is 5.76. The first-order chi connectivity index (χ1) is 30.5. The molecule has 368 valence electrons. The molecule has 0 spiro atoms. The van der Waals surface area contributed by atoms with Crippen LogP contribution in [0.3, 0.4) is 0 Å². The average molecular weight is 875 g/mol. The molecule has 0 radical (unpaired) electrons. The number of nitrogens with one attached hydrogen (secondary N) is 1. The van der Waals surface area contributed by atoms with Gasteiger partial charge in [0.2, 0.25) is 5.91 Å². The summed E-state index contributed by atoms with van der Waals surface area (Å²) in [6, 6.07) is -0.759. The molecule has 1 amide bonds. The molecule has 0 aliphatic rings. The van der Waals surface area contributed by atoms with Gasteiger partial charge in [0.15, 0.2) is 0 Å². The lowest BCUT2D eigenvalue weighted by Gasteiger charge is -2.21. The molecule has 0 aromatic rings. The van der Waals surface area contributed by atoms with Gasteiger partial charge in [0.05, 0.1) is 31.3 Å². The summed E-state index contributed by atoms with van der Waals surface area (Å²) in [6.45, 7) is 4.24. The van der Waals surface area contributed by atoms with Gasteiger partial charge in [0.1, 0.15) is 0 Å². The maximum Gasteiger partial charge on any atom is 0.222 e. The number of carbonyl (C=O) groups excluding carboxylic acids is 1. The molecule has 4 N–H and O–H groups in total. The van der Waals surface area contributed by atoms with Crippen molar-refractivity contribution in [2.24, 2.45) is 0 Å². The van der Waals surface area contributed by atoms with Crippen LogP contribution in [-0.2, 0) is 4.79 Å². The molecule has 0 aromatic carbocycles. The fraction of sp³-hybridized carbons (Fsp3) is 0.912. The van der Waals surface area contributed by atoms with Crippen LogP contribution in [0.1, 0.15) is 309 Å². The van der Waals surface area contributed by atoms with Crippen molar-refractivity contribution in [3.05, 3.63) is 24.3 Å². The molecular formula is C57H111NO4. The van der Waals surface area contributed by atoms with Crippen LogP contribution < -0.4 is 5.32 Å². The fourth-order valence-electron chi connectivity index (χ4n) is 8.95. The summed E-state index contributed by atoms with van der Waals surface area (Å²) >= 11 is 0. The maximum absolute atomic E-state index is 12.5. The van der Waals surface area contributed by atoms with E-state index in [1.54, 1.807) is 6.08 Å². The van der Waals surface area contributed by atoms with Crippen LogP contribution >= 0.6 is 0 Å². The Labute approximate surface area is 388 Å². The quantitative estimate of drug-likeness (QED) is 0.0362. The van der Waals surface area contributed by atoms with Crippen LogP contribution in [0.4, 0.5) is 0 Å². The molecule has 3 atom stereocenters. The molecule has 0 aliphatic carbocycles. The van der Waals surface area contributed by atoms with Gasteiger partial charge in [-0.3, -0.25) is 4.79 Å². The van der Waals surface area contributed by atoms with Gasteiger partial charge in [0, 0.05) is 0 Å². The van der Waals surface area contributed by atoms with E-state index in [4.69, 9.17) is 0 Å². The van der Waals surface area contributed by atoms with Crippen molar-refractivity contribution in [2.75, 3.05) is 6.61 Å². The van der Waals surface area contributed by atoms with E-state index in [0.29, 0.717) is 6.42 Å². The van der Waals surface area contributed by atoms with Crippen molar-refractivity contribution >= 4 is 5.91 Å². The standard InChI is InChI=1S/C57H111NO4/c1-3-5-7-9-11-13-15-17-19-21-23-25-26-27-28-29-30-31-32-34-36-38-40-42-44-46-48-50-54(60)52-57(62)58-55(53-59)56(61)51-49-47-45-43-41-39-37-35-33-24-22-20-18-16-14-12-10-8-6-4-2/h41,43,49,51,54-56,59-61H,3-40,42,44-48,50,52-53H2,1-2H3,(H,58,62)/b43-41+,51-49+. The van der Waals surface area contributed by atoms with Gasteiger partial charge in [-0.2, -0.15) is 0 Å². The van der Waals surface area contributed by atoms with E-state index in [0.717, 1.165) is 32.1 Å². The summed E-state index contributed by atoms with van der Waals surface area (Å²) in [5.74, 6) is -0.319. The van der Waals surface area contributed by atoms with Crippen molar-refractivity contribution in [3.63, 3.8) is 0 Å². The number of hydrogen-bond acceptors (Lipinski definition) is 4. The lowest BCUT2D eigenvalue weighted by atomic mass is 10.0. The maximum atomic E-state index is 12.5. The van der Waals surface area contributed by atoms with Crippen molar-refractivity contribution in [3.8, 4) is 0 Å². The molecule has 3 unspecified atom stereocenters. The number of amides is 1. The van der Waals surface area contributed by atoms with Crippen LogP contribution in [0, 0.1) is 0 Å². The number of aliphatic hydroxyl groups excluding tert-OH is 3. The third kappa shape index (κ3) is 48.3. The normalized spacial score (nSPS) is 13.4. The van der Waals surface area contributed by atoms with Crippen LogP contribution in [0.15, 0.2) is 24.3 Å². The van der Waals surface area contributed by atoms with Gasteiger partial charge in [-0.25, -0.2) is 0 Å². The number of aliphatic hydroxyl groups is 3. The van der Waals surface area contributed by atoms with Crippen LogP contribution in [0.25, 0.3) is 0 Å². The Kier molecular flexibility index (Phi) is 51.5. The van der Waals surface area contributed by atoms with E-state index in [9.17, 15) is 20.1 Å². The average Bonchev–Trinajstić information content (AvgIpc) is 3.27. The zero-order valence-electron chi connectivity index (χ0n) is 42.0. The third-order valence-corrected chi connectivity index (χ3v) is 13.2. The highest BCUT2D eigenvalue weighted by Gasteiger charge is 2.20. The van der Waals surface area contributed by atoms with Gasteiger partial charge in [-0.15, -0.1) is 0 Å². The highest BCUT2D eigenvalue weighted by atomic mass is 16.3. The number of allylic oxidation sites excluding steroid dienone is 3. The molecule has 62 heavy (non-hydrogen) atoms. The Hall–Kier alpha value is -1.17. The molecule has 0 bridgehead atoms. The zero-order valence-corrected chi connectivity index (χ0v) is 42.0. The van der Waals surface area contributed by atoms with E-state index in [-0.39, 0.29) is 18.9 Å². The van der Waals surface area contributed by atoms with Gasteiger partial charge in [-0.1, -0.05) is 295 Å². The molecule has 0 heterocycles. The van der Waals surface area contributed by atoms with Crippen molar-refractivity contribution in [1.29, 1.82) is 0 Å². The zero-order chi connectivity index (χ0) is 45.1. The number of unbranched alkanes of at least 4 members (excludes halogenated alkanes) is 41. The predicted octanol–water partition coefficient (Wildman–Crippen LogP) is 17.3. The number of rotatable bonds is 52. The summed E-state index contributed by atoms with van der Waals surface area (Å²) in [5.41, 5.74) is 0. The summed E-state index contributed by atoms with van der Waals surface area (Å²) in [4.78, 5) is 12.5. The summed E-state index contributed by atoms with van der Waals surface area (Å²) in [5, 5.41) is 33.4. The van der Waals surface area contributed by atoms with E-state index in [1.807, 2.05) is 6.08 Å². The first kappa shape index (κ1) is 60.8. The highest BCUT2D eigenvalue weighted by Crippen LogP contribution is 2.18. The monoisotopic (exact) mass is 874 g/mol. The minimum absolute atomic E-state index is 0.0104. The second kappa shape index (κ2) is 52.5. The SMILES string of the molecule is CCCCCCCCCCCCCCCC/C=C/CC/C=C/C(O)C(CO)NC(=O)CC(O)CCCCCCCCCCCCCCCCCCCCCCCCCCCCC. The van der Waals surface area contributed by atoms with Crippen LogP contribution in [0.2, 0.25) is 0 Å². The Morgan fingerprint density at radius 3 is 1.03 bits per heavy atom. The molecule has 0 saturated carbocycles. The molecular weight excluding hydrogens is 763 g/mol. The molecule has 5 nitrogen and oxygen atoms in total. The van der Waals surface area contributed by atoms with E-state index in [1.165, 1.54) is 250 Å². The fourth-order valence-corrected chi connectivity index (χ4v) is 8.95. The Morgan fingerprint density at radius 2 is 0.694 bits per heavy atom. The Bertz CT molecular complexity index is 920. The van der Waals surface area contributed by atoms with Gasteiger partial charge >= 0.3 is 0 Å². The van der Waals surface area contributed by atoms with Gasteiger partial charge in [-0.05, 0) is 32.1 Å². The van der Waals surface area contributed by atoms with E-state index >= 15 is 0 Å². The number of hydrogen-bond donors (Lipinski definition) is 4. The van der Waals surface area contributed by atoms with E-state index < -0.39 is 18.2 Å². The second-order valence-electron chi connectivity index (χ2n) is 19.5. The Balaban J connectivity index is 3.56.